The molecule has 0 aliphatic heterocycles. The summed E-state index contributed by atoms with van der Waals surface area (Å²) in [6, 6.07) is 18.6. The van der Waals surface area contributed by atoms with E-state index in [1.54, 1.807) is 12.1 Å². The summed E-state index contributed by atoms with van der Waals surface area (Å²) in [6.07, 6.45) is 0. The maximum Gasteiger partial charge on any atom is 0.316 e. The van der Waals surface area contributed by atoms with Gasteiger partial charge in [0.05, 0.1) is 11.4 Å². The maximum absolute atomic E-state index is 12.2. The van der Waals surface area contributed by atoms with Crippen molar-refractivity contribution < 1.29 is 9.53 Å². The lowest BCUT2D eigenvalue weighted by Crippen LogP contribution is -2.16. The molecule has 0 amide bonds. The van der Waals surface area contributed by atoms with Crippen molar-refractivity contribution >= 4 is 17.7 Å². The quantitative estimate of drug-likeness (QED) is 0.393. The molecule has 1 heterocycles. The van der Waals surface area contributed by atoms with Gasteiger partial charge in [-0.15, -0.1) is 0 Å². The molecule has 3 aromatic rings. The maximum atomic E-state index is 12.2. The van der Waals surface area contributed by atoms with Gasteiger partial charge < -0.3 is 9.72 Å². The standard InChI is InChI=1S/C21H17N3O3S/c1-14-7-9-16(10-8-14)19-17(11-22)20(26)24-21(23-19)28-13-18(25)27-12-15-5-3-2-4-6-15/h2-10H,12-13H2,1H3,(H,23,24,26). The Morgan fingerprint density at radius 3 is 2.57 bits per heavy atom. The zero-order valence-corrected chi connectivity index (χ0v) is 16.0. The molecular weight excluding hydrogens is 374 g/mol. The summed E-state index contributed by atoms with van der Waals surface area (Å²) in [4.78, 5) is 31.1. The number of hydrogen-bond donors (Lipinski definition) is 1. The second-order valence-corrected chi connectivity index (χ2v) is 6.97. The van der Waals surface area contributed by atoms with Crippen LogP contribution in [0.25, 0.3) is 11.3 Å². The average Bonchev–Trinajstić information content (AvgIpc) is 2.71. The average molecular weight is 391 g/mol. The topological polar surface area (TPSA) is 95.8 Å². The number of nitrogens with zero attached hydrogens (tertiary/aromatic N) is 2. The highest BCUT2D eigenvalue weighted by Gasteiger charge is 2.15. The van der Waals surface area contributed by atoms with Crippen molar-refractivity contribution in [2.45, 2.75) is 18.7 Å². The third kappa shape index (κ3) is 4.87. The second kappa shape index (κ2) is 9.02. The highest BCUT2D eigenvalue weighted by atomic mass is 32.2. The summed E-state index contributed by atoms with van der Waals surface area (Å²) >= 11 is 1.06. The summed E-state index contributed by atoms with van der Waals surface area (Å²) in [5.41, 5.74) is 2.33. The van der Waals surface area contributed by atoms with Crippen molar-refractivity contribution in [1.29, 1.82) is 5.26 Å². The second-order valence-electron chi connectivity index (χ2n) is 6.01. The van der Waals surface area contributed by atoms with Crippen LogP contribution in [0.1, 0.15) is 16.7 Å². The van der Waals surface area contributed by atoms with Gasteiger partial charge in [0, 0.05) is 5.56 Å². The number of H-pyrrole nitrogens is 1. The SMILES string of the molecule is Cc1ccc(-c2nc(SCC(=O)OCc3ccccc3)[nH]c(=O)c2C#N)cc1. The first-order valence-corrected chi connectivity index (χ1v) is 9.49. The van der Waals surface area contributed by atoms with Crippen LogP contribution in [-0.2, 0) is 16.1 Å². The van der Waals surface area contributed by atoms with Crippen molar-refractivity contribution in [2.75, 3.05) is 5.75 Å². The number of esters is 1. The third-order valence-electron chi connectivity index (χ3n) is 3.90. The summed E-state index contributed by atoms with van der Waals surface area (Å²) in [5, 5.41) is 9.57. The van der Waals surface area contributed by atoms with E-state index < -0.39 is 11.5 Å². The van der Waals surface area contributed by atoms with Gasteiger partial charge in [0.15, 0.2) is 5.16 Å². The smallest absolute Gasteiger partial charge is 0.316 e. The Morgan fingerprint density at radius 2 is 1.89 bits per heavy atom. The van der Waals surface area contributed by atoms with E-state index in [9.17, 15) is 14.9 Å². The number of rotatable bonds is 6. The Labute approximate surface area is 166 Å². The fourth-order valence-electron chi connectivity index (χ4n) is 2.45. The minimum atomic E-state index is -0.534. The highest BCUT2D eigenvalue weighted by Crippen LogP contribution is 2.22. The van der Waals surface area contributed by atoms with Gasteiger partial charge in [0.25, 0.3) is 5.56 Å². The predicted molar refractivity (Wildman–Crippen MR) is 107 cm³/mol. The molecule has 0 spiro atoms. The molecule has 0 unspecified atom stereocenters. The summed E-state index contributed by atoms with van der Waals surface area (Å²) in [5.74, 6) is -0.424. The van der Waals surface area contributed by atoms with Crippen LogP contribution >= 0.6 is 11.8 Å². The molecule has 2 aromatic carbocycles. The number of carbonyl (C=O) groups is 1. The molecule has 0 radical (unpaired) electrons. The van der Waals surface area contributed by atoms with Gasteiger partial charge in [-0.2, -0.15) is 5.26 Å². The lowest BCUT2D eigenvalue weighted by atomic mass is 10.1. The first kappa shape index (κ1) is 19.4. The number of ether oxygens (including phenoxy) is 1. The van der Waals surface area contributed by atoms with Gasteiger partial charge in [-0.1, -0.05) is 71.9 Å². The largest absolute Gasteiger partial charge is 0.460 e. The first-order valence-electron chi connectivity index (χ1n) is 8.50. The number of aromatic nitrogens is 2. The van der Waals surface area contributed by atoms with Crippen LogP contribution in [0.4, 0.5) is 0 Å². The van der Waals surface area contributed by atoms with E-state index in [1.807, 2.05) is 55.5 Å². The Hall–Kier alpha value is -3.37. The Morgan fingerprint density at radius 1 is 1.18 bits per heavy atom. The van der Waals surface area contributed by atoms with Gasteiger partial charge in [-0.25, -0.2) is 4.98 Å². The number of carbonyl (C=O) groups excluding carboxylic acids is 1. The van der Waals surface area contributed by atoms with Gasteiger partial charge in [0.1, 0.15) is 18.2 Å². The molecule has 1 N–H and O–H groups in total. The fourth-order valence-corrected chi connectivity index (χ4v) is 3.11. The molecule has 7 heteroatoms. The number of benzene rings is 2. The van der Waals surface area contributed by atoms with Gasteiger partial charge in [-0.3, -0.25) is 9.59 Å². The van der Waals surface area contributed by atoms with Crippen LogP contribution in [0.3, 0.4) is 0 Å². The molecule has 0 aliphatic rings. The zero-order chi connectivity index (χ0) is 19.9. The number of nitrogens with one attached hydrogen (secondary N) is 1. The number of aromatic amines is 1. The molecule has 1 aromatic heterocycles. The number of thioether (sulfide) groups is 1. The van der Waals surface area contributed by atoms with E-state index in [1.165, 1.54) is 0 Å². The number of aryl methyl sites for hydroxylation is 1. The van der Waals surface area contributed by atoms with Crippen molar-refractivity contribution in [3.8, 4) is 17.3 Å². The lowest BCUT2D eigenvalue weighted by molar-refractivity contribution is -0.141. The van der Waals surface area contributed by atoms with Gasteiger partial charge >= 0.3 is 5.97 Å². The Kier molecular flexibility index (Phi) is 6.25. The number of nitriles is 1. The van der Waals surface area contributed by atoms with E-state index in [0.717, 1.165) is 22.9 Å². The van der Waals surface area contributed by atoms with E-state index in [-0.39, 0.29) is 23.1 Å². The Balaban J connectivity index is 1.72. The zero-order valence-electron chi connectivity index (χ0n) is 15.1. The molecule has 0 saturated carbocycles. The summed E-state index contributed by atoms with van der Waals surface area (Å²) < 4.78 is 5.22. The van der Waals surface area contributed by atoms with E-state index in [0.29, 0.717) is 11.3 Å². The van der Waals surface area contributed by atoms with Crippen molar-refractivity contribution in [3.05, 3.63) is 81.6 Å². The van der Waals surface area contributed by atoms with Gasteiger partial charge in [-0.05, 0) is 12.5 Å². The molecule has 0 bridgehead atoms. The van der Waals surface area contributed by atoms with E-state index >= 15 is 0 Å². The van der Waals surface area contributed by atoms with Crippen molar-refractivity contribution in [3.63, 3.8) is 0 Å². The van der Waals surface area contributed by atoms with Crippen LogP contribution in [0.2, 0.25) is 0 Å². The van der Waals surface area contributed by atoms with Crippen LogP contribution in [-0.4, -0.2) is 21.7 Å². The van der Waals surface area contributed by atoms with Gasteiger partial charge in [0.2, 0.25) is 0 Å². The minimum Gasteiger partial charge on any atom is -0.460 e. The third-order valence-corrected chi connectivity index (χ3v) is 4.75. The van der Waals surface area contributed by atoms with Crippen LogP contribution in [0, 0.1) is 18.3 Å². The Bertz CT molecular complexity index is 1070. The molecule has 3 rings (SSSR count). The monoisotopic (exact) mass is 391 g/mol. The summed E-state index contributed by atoms with van der Waals surface area (Å²) in [6.45, 7) is 2.13. The molecule has 6 nitrogen and oxygen atoms in total. The van der Waals surface area contributed by atoms with Crippen LogP contribution in [0.15, 0.2) is 64.5 Å². The number of hydrogen-bond acceptors (Lipinski definition) is 6. The molecule has 140 valence electrons. The molecule has 28 heavy (non-hydrogen) atoms. The highest BCUT2D eigenvalue weighted by molar-refractivity contribution is 7.99. The summed E-state index contributed by atoms with van der Waals surface area (Å²) in [7, 11) is 0. The predicted octanol–water partition coefficient (Wildman–Crippen LogP) is 3.45. The normalized spacial score (nSPS) is 10.3. The first-order chi connectivity index (χ1) is 13.6. The molecular formula is C21H17N3O3S. The van der Waals surface area contributed by atoms with E-state index in [4.69, 9.17) is 4.74 Å². The minimum absolute atomic E-state index is 0.00495. The van der Waals surface area contributed by atoms with Crippen LogP contribution in [0.5, 0.6) is 0 Å². The fraction of sp³-hybridized carbons (Fsp3) is 0.143. The molecule has 0 atom stereocenters. The molecule has 0 fully saturated rings. The van der Waals surface area contributed by atoms with Crippen molar-refractivity contribution in [1.82, 2.24) is 9.97 Å². The molecule has 0 aliphatic carbocycles. The van der Waals surface area contributed by atoms with Crippen LogP contribution < -0.4 is 5.56 Å². The van der Waals surface area contributed by atoms with E-state index in [2.05, 4.69) is 9.97 Å². The van der Waals surface area contributed by atoms with Crippen molar-refractivity contribution in [2.24, 2.45) is 0 Å². The molecule has 0 saturated heterocycles. The lowest BCUT2D eigenvalue weighted by Gasteiger charge is -2.07.